The Morgan fingerprint density at radius 3 is 2.42 bits per heavy atom. The Labute approximate surface area is 111 Å². The SMILES string of the molecule is COC(=O)C(=O)c1ccncc1NC(=O)C(C)(C)C. The van der Waals surface area contributed by atoms with E-state index in [2.05, 4.69) is 15.0 Å². The number of pyridine rings is 1. The maximum Gasteiger partial charge on any atom is 0.379 e. The van der Waals surface area contributed by atoms with Crippen LogP contribution >= 0.6 is 0 Å². The average Bonchev–Trinajstić information content (AvgIpc) is 2.36. The summed E-state index contributed by atoms with van der Waals surface area (Å²) >= 11 is 0. The van der Waals surface area contributed by atoms with Gasteiger partial charge in [0.1, 0.15) is 0 Å². The van der Waals surface area contributed by atoms with E-state index in [-0.39, 0.29) is 17.2 Å². The lowest BCUT2D eigenvalue weighted by Crippen LogP contribution is -2.29. The molecule has 6 heteroatoms. The number of rotatable bonds is 3. The van der Waals surface area contributed by atoms with Crippen molar-refractivity contribution >= 4 is 23.3 Å². The van der Waals surface area contributed by atoms with Gasteiger partial charge < -0.3 is 10.1 Å². The third kappa shape index (κ3) is 3.61. The van der Waals surface area contributed by atoms with Gasteiger partial charge in [0.15, 0.2) is 0 Å². The summed E-state index contributed by atoms with van der Waals surface area (Å²) in [5, 5.41) is 2.58. The van der Waals surface area contributed by atoms with E-state index in [1.54, 1.807) is 20.8 Å². The van der Waals surface area contributed by atoms with Crippen molar-refractivity contribution in [2.24, 2.45) is 5.41 Å². The molecule has 0 saturated carbocycles. The number of Topliss-reactive ketones (excluding diaryl/α,β-unsaturated/α-hetero) is 1. The van der Waals surface area contributed by atoms with Gasteiger partial charge in [-0.1, -0.05) is 20.8 Å². The number of hydrogen-bond donors (Lipinski definition) is 1. The van der Waals surface area contributed by atoms with Gasteiger partial charge >= 0.3 is 5.97 Å². The maximum atomic E-state index is 11.9. The molecule has 0 aliphatic rings. The van der Waals surface area contributed by atoms with Crippen molar-refractivity contribution in [1.29, 1.82) is 0 Å². The van der Waals surface area contributed by atoms with Crippen LogP contribution in [0, 0.1) is 5.41 Å². The van der Waals surface area contributed by atoms with Crippen LogP contribution < -0.4 is 5.32 Å². The van der Waals surface area contributed by atoms with Gasteiger partial charge in [-0.3, -0.25) is 14.6 Å². The van der Waals surface area contributed by atoms with Gasteiger partial charge in [-0.2, -0.15) is 0 Å². The summed E-state index contributed by atoms with van der Waals surface area (Å²) in [5.41, 5.74) is -0.376. The lowest BCUT2D eigenvalue weighted by Gasteiger charge is -2.18. The summed E-state index contributed by atoms with van der Waals surface area (Å²) in [6, 6.07) is 1.36. The Balaban J connectivity index is 3.07. The van der Waals surface area contributed by atoms with Crippen LogP contribution in [0.2, 0.25) is 0 Å². The van der Waals surface area contributed by atoms with Gasteiger partial charge in [-0.15, -0.1) is 0 Å². The minimum atomic E-state index is -0.988. The molecule has 0 aliphatic heterocycles. The molecule has 0 radical (unpaired) electrons. The number of ether oxygens (including phenoxy) is 1. The predicted octanol–water partition coefficient (Wildman–Crippen LogP) is 1.42. The van der Waals surface area contributed by atoms with Crippen LogP contribution in [0.5, 0.6) is 0 Å². The summed E-state index contributed by atoms with van der Waals surface area (Å²) in [6.45, 7) is 5.21. The molecule has 1 heterocycles. The predicted molar refractivity (Wildman–Crippen MR) is 68.7 cm³/mol. The fourth-order valence-electron chi connectivity index (χ4n) is 1.20. The fourth-order valence-corrected chi connectivity index (χ4v) is 1.20. The minimum Gasteiger partial charge on any atom is -0.463 e. The average molecular weight is 264 g/mol. The molecular formula is C13H16N2O4. The highest BCUT2D eigenvalue weighted by molar-refractivity contribution is 6.42. The number of nitrogens with zero attached hydrogens (tertiary/aromatic N) is 1. The zero-order valence-corrected chi connectivity index (χ0v) is 11.3. The lowest BCUT2D eigenvalue weighted by molar-refractivity contribution is -0.135. The van der Waals surface area contributed by atoms with E-state index >= 15 is 0 Å². The number of carbonyl (C=O) groups excluding carboxylic acids is 3. The van der Waals surface area contributed by atoms with Gasteiger partial charge in [-0.05, 0) is 6.07 Å². The van der Waals surface area contributed by atoms with Gasteiger partial charge in [0.05, 0.1) is 24.6 Å². The van der Waals surface area contributed by atoms with Gasteiger partial charge in [0, 0.05) is 11.6 Å². The van der Waals surface area contributed by atoms with Crippen molar-refractivity contribution in [1.82, 2.24) is 4.98 Å². The molecule has 0 spiro atoms. The summed E-state index contributed by atoms with van der Waals surface area (Å²) in [5.74, 6) is -2.09. The molecule has 1 amide bonds. The van der Waals surface area contributed by atoms with E-state index in [1.165, 1.54) is 18.5 Å². The molecule has 0 atom stereocenters. The molecule has 0 fully saturated rings. The lowest BCUT2D eigenvalue weighted by atomic mass is 9.95. The van der Waals surface area contributed by atoms with E-state index in [0.717, 1.165) is 7.11 Å². The summed E-state index contributed by atoms with van der Waals surface area (Å²) < 4.78 is 4.37. The minimum absolute atomic E-state index is 0.0550. The Bertz CT molecular complexity index is 518. The molecule has 19 heavy (non-hydrogen) atoms. The molecule has 1 aromatic heterocycles. The third-order valence-corrected chi connectivity index (χ3v) is 2.37. The van der Waals surface area contributed by atoms with Crippen LogP contribution in [-0.2, 0) is 14.3 Å². The van der Waals surface area contributed by atoms with Crippen LogP contribution in [-0.4, -0.2) is 29.8 Å². The van der Waals surface area contributed by atoms with Crippen molar-refractivity contribution in [2.75, 3.05) is 12.4 Å². The van der Waals surface area contributed by atoms with E-state index < -0.39 is 17.2 Å². The first-order valence-corrected chi connectivity index (χ1v) is 5.65. The molecule has 1 N–H and O–H groups in total. The van der Waals surface area contributed by atoms with Crippen LogP contribution in [0.1, 0.15) is 31.1 Å². The number of amides is 1. The Morgan fingerprint density at radius 1 is 1.26 bits per heavy atom. The van der Waals surface area contributed by atoms with Crippen molar-refractivity contribution < 1.29 is 19.1 Å². The van der Waals surface area contributed by atoms with E-state index in [0.29, 0.717) is 0 Å². The number of anilines is 1. The highest BCUT2D eigenvalue weighted by atomic mass is 16.5. The Kier molecular flexibility index (Phi) is 4.37. The van der Waals surface area contributed by atoms with Crippen LogP contribution in [0.15, 0.2) is 18.5 Å². The first-order chi connectivity index (χ1) is 8.77. The molecule has 1 rings (SSSR count). The second kappa shape index (κ2) is 5.60. The standard InChI is InChI=1S/C13H16N2O4/c1-13(2,3)12(18)15-9-7-14-6-5-8(9)10(16)11(17)19-4/h5-7H,1-4H3,(H,15,18). The quantitative estimate of drug-likeness (QED) is 0.507. The number of hydrogen-bond acceptors (Lipinski definition) is 5. The van der Waals surface area contributed by atoms with Crippen molar-refractivity contribution in [3.8, 4) is 0 Å². The number of carbonyl (C=O) groups is 3. The maximum absolute atomic E-state index is 11.9. The highest BCUT2D eigenvalue weighted by Crippen LogP contribution is 2.20. The van der Waals surface area contributed by atoms with Crippen LogP contribution in [0.25, 0.3) is 0 Å². The second-order valence-electron chi connectivity index (χ2n) is 4.95. The summed E-state index contributed by atoms with van der Waals surface area (Å²) in [7, 11) is 1.12. The van der Waals surface area contributed by atoms with E-state index in [4.69, 9.17) is 0 Å². The monoisotopic (exact) mass is 264 g/mol. The highest BCUT2D eigenvalue weighted by Gasteiger charge is 2.25. The molecular weight excluding hydrogens is 248 g/mol. The molecule has 0 aromatic carbocycles. The van der Waals surface area contributed by atoms with Gasteiger partial charge in [0.2, 0.25) is 5.91 Å². The summed E-state index contributed by atoms with van der Waals surface area (Å²) in [6.07, 6.45) is 2.68. The molecule has 0 aliphatic carbocycles. The van der Waals surface area contributed by atoms with Crippen molar-refractivity contribution in [3.05, 3.63) is 24.0 Å². The van der Waals surface area contributed by atoms with E-state index in [1.807, 2.05) is 0 Å². The first-order valence-electron chi connectivity index (χ1n) is 5.65. The zero-order chi connectivity index (χ0) is 14.6. The van der Waals surface area contributed by atoms with Crippen molar-refractivity contribution in [3.63, 3.8) is 0 Å². The van der Waals surface area contributed by atoms with Crippen LogP contribution in [0.3, 0.4) is 0 Å². The second-order valence-corrected chi connectivity index (χ2v) is 4.95. The molecule has 102 valence electrons. The first kappa shape index (κ1) is 14.8. The third-order valence-electron chi connectivity index (χ3n) is 2.37. The molecule has 0 bridgehead atoms. The molecule has 1 aromatic rings. The molecule has 0 unspecified atom stereocenters. The Morgan fingerprint density at radius 2 is 1.89 bits per heavy atom. The fraction of sp³-hybridized carbons (Fsp3) is 0.385. The molecule has 6 nitrogen and oxygen atoms in total. The van der Waals surface area contributed by atoms with Crippen LogP contribution in [0.4, 0.5) is 5.69 Å². The summed E-state index contributed by atoms with van der Waals surface area (Å²) in [4.78, 5) is 38.7. The number of ketones is 1. The normalized spacial score (nSPS) is 10.7. The topological polar surface area (TPSA) is 85.4 Å². The van der Waals surface area contributed by atoms with Gasteiger partial charge in [0.25, 0.3) is 5.78 Å². The Hall–Kier alpha value is -2.24. The zero-order valence-electron chi connectivity index (χ0n) is 11.3. The van der Waals surface area contributed by atoms with Crippen molar-refractivity contribution in [2.45, 2.75) is 20.8 Å². The number of nitrogens with one attached hydrogen (secondary N) is 1. The number of aromatic nitrogens is 1. The number of esters is 1. The van der Waals surface area contributed by atoms with E-state index in [9.17, 15) is 14.4 Å². The molecule has 0 saturated heterocycles. The largest absolute Gasteiger partial charge is 0.463 e. The number of methoxy groups -OCH3 is 1. The van der Waals surface area contributed by atoms with Gasteiger partial charge in [-0.25, -0.2) is 4.79 Å². The smallest absolute Gasteiger partial charge is 0.379 e.